The van der Waals surface area contributed by atoms with Crippen LogP contribution in [-0.2, 0) is 14.8 Å². The predicted octanol–water partition coefficient (Wildman–Crippen LogP) is 1.78. The maximum Gasteiger partial charge on any atom is 0.322 e. The highest BCUT2D eigenvalue weighted by Crippen LogP contribution is 2.27. The summed E-state index contributed by atoms with van der Waals surface area (Å²) in [5, 5.41) is 9.11. The van der Waals surface area contributed by atoms with Crippen LogP contribution in [0.2, 0.25) is 0 Å². The van der Waals surface area contributed by atoms with Crippen LogP contribution in [0.1, 0.15) is 0 Å². The molecule has 1 atom stereocenters. The van der Waals surface area contributed by atoms with Gasteiger partial charge in [0.2, 0.25) is 10.0 Å². The highest BCUT2D eigenvalue weighted by Gasteiger charge is 2.39. The van der Waals surface area contributed by atoms with E-state index in [0.29, 0.717) is 10.2 Å². The van der Waals surface area contributed by atoms with E-state index in [2.05, 4.69) is 15.9 Å². The maximum atomic E-state index is 13.8. The topological polar surface area (TPSA) is 74.7 Å². The van der Waals surface area contributed by atoms with Gasteiger partial charge in [0.25, 0.3) is 0 Å². The van der Waals surface area contributed by atoms with Crippen LogP contribution in [0.15, 0.2) is 27.6 Å². The van der Waals surface area contributed by atoms with Gasteiger partial charge in [0.1, 0.15) is 16.8 Å². The zero-order valence-electron chi connectivity index (χ0n) is 10.1. The number of carboxylic acids is 1. The molecule has 0 radical (unpaired) electrons. The molecule has 0 saturated carbocycles. The van der Waals surface area contributed by atoms with E-state index in [4.69, 9.17) is 5.11 Å². The van der Waals surface area contributed by atoms with Crippen molar-refractivity contribution in [3.8, 4) is 0 Å². The second-order valence-electron chi connectivity index (χ2n) is 4.12. The molecule has 1 N–H and O–H groups in total. The number of thioether (sulfide) groups is 1. The molecule has 1 saturated heterocycles. The van der Waals surface area contributed by atoms with E-state index in [1.165, 1.54) is 17.8 Å². The van der Waals surface area contributed by atoms with Gasteiger partial charge in [0, 0.05) is 22.5 Å². The third-order valence-corrected chi connectivity index (χ3v) is 6.30. The Morgan fingerprint density at radius 3 is 2.80 bits per heavy atom. The minimum Gasteiger partial charge on any atom is -0.480 e. The van der Waals surface area contributed by atoms with E-state index >= 15 is 0 Å². The van der Waals surface area contributed by atoms with Gasteiger partial charge in [-0.1, -0.05) is 15.9 Å². The Balaban J connectivity index is 2.45. The number of aliphatic carboxylic acids is 1. The summed E-state index contributed by atoms with van der Waals surface area (Å²) in [5.74, 6) is -1.48. The Morgan fingerprint density at radius 2 is 2.20 bits per heavy atom. The molecule has 0 amide bonds. The Hall–Kier alpha value is -0.640. The van der Waals surface area contributed by atoms with E-state index in [0.717, 1.165) is 16.4 Å². The van der Waals surface area contributed by atoms with Crippen molar-refractivity contribution in [2.24, 2.45) is 0 Å². The number of halogens is 2. The number of rotatable bonds is 3. The summed E-state index contributed by atoms with van der Waals surface area (Å²) in [6.45, 7) is 0.0550. The summed E-state index contributed by atoms with van der Waals surface area (Å²) < 4.78 is 40.0. The van der Waals surface area contributed by atoms with Crippen molar-refractivity contribution in [2.75, 3.05) is 18.1 Å². The molecule has 2 rings (SSSR count). The van der Waals surface area contributed by atoms with Crippen LogP contribution in [0, 0.1) is 5.82 Å². The molecule has 1 aromatic rings. The van der Waals surface area contributed by atoms with Gasteiger partial charge in [0.05, 0.1) is 0 Å². The van der Waals surface area contributed by atoms with Gasteiger partial charge < -0.3 is 5.11 Å². The molecule has 20 heavy (non-hydrogen) atoms. The van der Waals surface area contributed by atoms with Crippen molar-refractivity contribution in [1.82, 2.24) is 4.31 Å². The molecular weight excluding hydrogens is 373 g/mol. The second-order valence-corrected chi connectivity index (χ2v) is 8.04. The van der Waals surface area contributed by atoms with Gasteiger partial charge in [-0.25, -0.2) is 12.8 Å². The van der Waals surface area contributed by atoms with Crippen LogP contribution in [0.4, 0.5) is 4.39 Å². The molecule has 1 aliphatic heterocycles. The molecule has 9 heteroatoms. The first-order chi connectivity index (χ1) is 9.34. The van der Waals surface area contributed by atoms with Crippen molar-refractivity contribution >= 4 is 43.7 Å². The molecule has 1 heterocycles. The number of sulfonamides is 1. The molecule has 1 unspecified atom stereocenters. The van der Waals surface area contributed by atoms with Gasteiger partial charge in [0.15, 0.2) is 0 Å². The SMILES string of the molecule is O=C(O)C1CSCCN1S(=O)(=O)c1ccc(Br)cc1F. The molecule has 1 fully saturated rings. The summed E-state index contributed by atoms with van der Waals surface area (Å²) in [5.41, 5.74) is 0. The van der Waals surface area contributed by atoms with Crippen LogP contribution in [0.5, 0.6) is 0 Å². The number of benzene rings is 1. The fourth-order valence-corrected chi connectivity index (χ4v) is 5.09. The summed E-state index contributed by atoms with van der Waals surface area (Å²) in [6, 6.07) is 2.42. The van der Waals surface area contributed by atoms with Crippen LogP contribution in [-0.4, -0.2) is 47.9 Å². The van der Waals surface area contributed by atoms with Crippen LogP contribution >= 0.6 is 27.7 Å². The first kappa shape index (κ1) is 15.7. The third-order valence-electron chi connectivity index (χ3n) is 2.84. The molecule has 110 valence electrons. The fourth-order valence-electron chi connectivity index (χ4n) is 1.88. The zero-order chi connectivity index (χ0) is 14.9. The van der Waals surface area contributed by atoms with Gasteiger partial charge in [-0.05, 0) is 18.2 Å². The van der Waals surface area contributed by atoms with E-state index in [1.807, 2.05) is 0 Å². The lowest BCUT2D eigenvalue weighted by Crippen LogP contribution is -2.50. The fraction of sp³-hybridized carbons (Fsp3) is 0.364. The van der Waals surface area contributed by atoms with Crippen LogP contribution in [0.3, 0.4) is 0 Å². The molecule has 5 nitrogen and oxygen atoms in total. The zero-order valence-corrected chi connectivity index (χ0v) is 13.3. The minimum absolute atomic E-state index is 0.0550. The van der Waals surface area contributed by atoms with E-state index in [-0.39, 0.29) is 12.3 Å². The van der Waals surface area contributed by atoms with Gasteiger partial charge in [-0.15, -0.1) is 0 Å². The normalized spacial score (nSPS) is 20.8. The number of carbonyl (C=O) groups is 1. The minimum atomic E-state index is -4.16. The second kappa shape index (κ2) is 6.00. The standard InChI is InChI=1S/C11H11BrFNO4S2/c12-7-1-2-10(8(13)5-7)20(17,18)14-3-4-19-6-9(14)11(15)16/h1-2,5,9H,3-4,6H2,(H,15,16). The summed E-state index contributed by atoms with van der Waals surface area (Å²) in [6.07, 6.45) is 0. The third kappa shape index (κ3) is 3.00. The molecule has 0 aliphatic carbocycles. The van der Waals surface area contributed by atoms with E-state index in [9.17, 15) is 17.6 Å². The molecular formula is C11H11BrFNO4S2. The molecule has 1 aromatic carbocycles. The quantitative estimate of drug-likeness (QED) is 0.860. The van der Waals surface area contributed by atoms with Gasteiger partial charge in [-0.3, -0.25) is 4.79 Å². The number of hydrogen-bond donors (Lipinski definition) is 1. The molecule has 0 spiro atoms. The smallest absolute Gasteiger partial charge is 0.322 e. The molecule has 0 aromatic heterocycles. The van der Waals surface area contributed by atoms with Crippen molar-refractivity contribution in [3.05, 3.63) is 28.5 Å². The summed E-state index contributed by atoms with van der Waals surface area (Å²) >= 11 is 4.41. The summed E-state index contributed by atoms with van der Waals surface area (Å²) in [7, 11) is -4.16. The first-order valence-electron chi connectivity index (χ1n) is 5.61. The average Bonchev–Trinajstić information content (AvgIpc) is 2.38. The lowest BCUT2D eigenvalue weighted by molar-refractivity contribution is -0.140. The Labute approximate surface area is 128 Å². The molecule has 1 aliphatic rings. The van der Waals surface area contributed by atoms with Crippen molar-refractivity contribution < 1.29 is 22.7 Å². The summed E-state index contributed by atoms with van der Waals surface area (Å²) in [4.78, 5) is 10.7. The van der Waals surface area contributed by atoms with Crippen molar-refractivity contribution in [3.63, 3.8) is 0 Å². The number of carboxylic acid groups (broad SMARTS) is 1. The first-order valence-corrected chi connectivity index (χ1v) is 9.00. The monoisotopic (exact) mass is 383 g/mol. The van der Waals surface area contributed by atoms with Gasteiger partial charge in [-0.2, -0.15) is 16.1 Å². The number of nitrogens with zero attached hydrogens (tertiary/aromatic N) is 1. The van der Waals surface area contributed by atoms with Crippen molar-refractivity contribution in [2.45, 2.75) is 10.9 Å². The Morgan fingerprint density at radius 1 is 1.50 bits per heavy atom. The van der Waals surface area contributed by atoms with Crippen LogP contribution in [0.25, 0.3) is 0 Å². The Bertz CT molecular complexity index is 637. The van der Waals surface area contributed by atoms with Crippen molar-refractivity contribution in [1.29, 1.82) is 0 Å². The lowest BCUT2D eigenvalue weighted by Gasteiger charge is -2.31. The molecule has 0 bridgehead atoms. The number of hydrogen-bond acceptors (Lipinski definition) is 4. The average molecular weight is 384 g/mol. The van der Waals surface area contributed by atoms with Crippen LogP contribution < -0.4 is 0 Å². The largest absolute Gasteiger partial charge is 0.480 e. The van der Waals surface area contributed by atoms with Gasteiger partial charge >= 0.3 is 5.97 Å². The maximum absolute atomic E-state index is 13.8. The lowest BCUT2D eigenvalue weighted by atomic mass is 10.3. The highest BCUT2D eigenvalue weighted by molar-refractivity contribution is 9.10. The predicted molar refractivity (Wildman–Crippen MR) is 76.7 cm³/mol. The van der Waals surface area contributed by atoms with E-state index < -0.39 is 32.7 Å². The highest BCUT2D eigenvalue weighted by atomic mass is 79.9. The van der Waals surface area contributed by atoms with E-state index in [1.54, 1.807) is 0 Å². The Kier molecular flexibility index (Phi) is 4.73.